The van der Waals surface area contributed by atoms with Gasteiger partial charge in [0.05, 0.1) is 25.2 Å². The van der Waals surface area contributed by atoms with Crippen molar-refractivity contribution in [3.8, 4) is 5.75 Å². The van der Waals surface area contributed by atoms with Gasteiger partial charge in [0.15, 0.2) is 10.1 Å². The third-order valence-electron chi connectivity index (χ3n) is 2.76. The fraction of sp³-hybridized carbons (Fsp3) is 0.333. The van der Waals surface area contributed by atoms with E-state index in [2.05, 4.69) is 15.5 Å². The third kappa shape index (κ3) is 5.50. The van der Waals surface area contributed by atoms with Gasteiger partial charge in [-0.25, -0.2) is 0 Å². The predicted molar refractivity (Wildman–Crippen MR) is 93.2 cm³/mol. The number of anilines is 2. The van der Waals surface area contributed by atoms with Crippen molar-refractivity contribution in [2.75, 3.05) is 24.8 Å². The highest BCUT2D eigenvalue weighted by Gasteiger charge is 2.13. The Morgan fingerprint density at radius 1 is 1.29 bits per heavy atom. The number of carbonyl (C=O) groups is 2. The maximum Gasteiger partial charge on any atom is 0.313 e. The largest absolute Gasteiger partial charge is 0.495 e. The van der Waals surface area contributed by atoms with E-state index < -0.39 is 5.97 Å². The van der Waals surface area contributed by atoms with Crippen LogP contribution in [-0.2, 0) is 14.3 Å². The number of nitrogens with one attached hydrogen (secondary N) is 1. The second-order valence-corrected chi connectivity index (χ2v) is 6.71. The molecule has 1 aromatic heterocycles. The van der Waals surface area contributed by atoms with Crippen LogP contribution < -0.4 is 10.1 Å². The predicted octanol–water partition coefficient (Wildman–Crippen LogP) is 2.90. The minimum absolute atomic E-state index is 0.155. The maximum atomic E-state index is 11.7. The van der Waals surface area contributed by atoms with Crippen LogP contribution in [-0.4, -0.2) is 41.4 Å². The number of ether oxygens (including phenoxy) is 2. The second kappa shape index (κ2) is 9.24. The van der Waals surface area contributed by atoms with Crippen molar-refractivity contribution in [1.82, 2.24) is 10.2 Å². The molecule has 0 radical (unpaired) electrons. The van der Waals surface area contributed by atoms with E-state index in [9.17, 15) is 9.59 Å². The molecule has 0 aliphatic carbocycles. The minimum Gasteiger partial charge on any atom is -0.495 e. The summed E-state index contributed by atoms with van der Waals surface area (Å²) < 4.78 is 10.6. The molecule has 2 aromatic rings. The molecule has 24 heavy (non-hydrogen) atoms. The summed E-state index contributed by atoms with van der Waals surface area (Å²) >= 11 is 2.57. The maximum absolute atomic E-state index is 11.7. The number of benzene rings is 1. The Morgan fingerprint density at radius 3 is 2.83 bits per heavy atom. The smallest absolute Gasteiger partial charge is 0.313 e. The molecule has 0 amide bonds. The summed E-state index contributed by atoms with van der Waals surface area (Å²) in [6.07, 6.45) is -0.216. The summed E-state index contributed by atoms with van der Waals surface area (Å²) in [4.78, 5) is 22.9. The zero-order valence-electron chi connectivity index (χ0n) is 13.3. The van der Waals surface area contributed by atoms with Crippen LogP contribution in [0.2, 0.25) is 0 Å². The molecule has 9 heteroatoms. The van der Waals surface area contributed by atoms with Gasteiger partial charge in [0.2, 0.25) is 5.13 Å². The van der Waals surface area contributed by atoms with Crippen molar-refractivity contribution in [2.45, 2.75) is 17.7 Å². The zero-order chi connectivity index (χ0) is 17.4. The first-order chi connectivity index (χ1) is 11.6. The van der Waals surface area contributed by atoms with Crippen LogP contribution in [0.3, 0.4) is 0 Å². The average molecular weight is 367 g/mol. The number of aromatic nitrogens is 2. The standard InChI is InChI=1S/C15H17N3O4S2/c1-3-22-13(20)8-10(19)9-23-15-18-17-14(24-15)16-11-6-4-5-7-12(11)21-2/h4-7H,3,8-9H2,1-2H3,(H,16,17). The highest BCUT2D eigenvalue weighted by atomic mass is 32.2. The van der Waals surface area contributed by atoms with E-state index >= 15 is 0 Å². The molecular formula is C15H17N3O4S2. The van der Waals surface area contributed by atoms with E-state index in [4.69, 9.17) is 9.47 Å². The van der Waals surface area contributed by atoms with Crippen LogP contribution >= 0.6 is 23.1 Å². The van der Waals surface area contributed by atoms with Gasteiger partial charge >= 0.3 is 5.97 Å². The number of thioether (sulfide) groups is 1. The lowest BCUT2D eigenvalue weighted by Crippen LogP contribution is -2.12. The van der Waals surface area contributed by atoms with E-state index in [1.807, 2.05) is 24.3 Å². The van der Waals surface area contributed by atoms with Crippen LogP contribution in [0.15, 0.2) is 28.6 Å². The average Bonchev–Trinajstić information content (AvgIpc) is 3.01. The van der Waals surface area contributed by atoms with Crippen molar-refractivity contribution in [3.63, 3.8) is 0 Å². The van der Waals surface area contributed by atoms with Gasteiger partial charge in [-0.3, -0.25) is 9.59 Å². The summed E-state index contributed by atoms with van der Waals surface area (Å²) in [5, 5.41) is 11.8. The van der Waals surface area contributed by atoms with Gasteiger partial charge < -0.3 is 14.8 Å². The van der Waals surface area contributed by atoms with Crippen LogP contribution in [0.1, 0.15) is 13.3 Å². The topological polar surface area (TPSA) is 90.4 Å². The Labute approximate surface area is 147 Å². The molecule has 0 unspecified atom stereocenters. The quantitative estimate of drug-likeness (QED) is 0.411. The Morgan fingerprint density at radius 2 is 2.08 bits per heavy atom. The van der Waals surface area contributed by atoms with E-state index in [0.717, 1.165) is 5.69 Å². The SMILES string of the molecule is CCOC(=O)CC(=O)CSc1nnc(Nc2ccccc2OC)s1. The molecule has 2 rings (SSSR count). The number of methoxy groups -OCH3 is 1. The molecule has 0 aliphatic heterocycles. The van der Waals surface area contributed by atoms with Gasteiger partial charge in [-0.15, -0.1) is 10.2 Å². The molecular weight excluding hydrogens is 350 g/mol. The van der Waals surface area contributed by atoms with Crippen molar-refractivity contribution >= 4 is 45.7 Å². The number of hydrogen-bond donors (Lipinski definition) is 1. The normalized spacial score (nSPS) is 10.2. The second-order valence-electron chi connectivity index (χ2n) is 4.51. The lowest BCUT2D eigenvalue weighted by atomic mass is 10.3. The van der Waals surface area contributed by atoms with Gasteiger partial charge in [-0.1, -0.05) is 35.2 Å². The number of ketones is 1. The van der Waals surface area contributed by atoms with Crippen LogP contribution in [0.5, 0.6) is 5.75 Å². The first-order valence-electron chi connectivity index (χ1n) is 7.16. The Bertz CT molecular complexity index is 706. The van der Waals surface area contributed by atoms with Crippen molar-refractivity contribution < 1.29 is 19.1 Å². The van der Waals surface area contributed by atoms with Gasteiger partial charge in [0, 0.05) is 0 Å². The minimum atomic E-state index is -0.501. The summed E-state index contributed by atoms with van der Waals surface area (Å²) in [7, 11) is 1.59. The fourth-order valence-electron chi connectivity index (χ4n) is 1.75. The first-order valence-corrected chi connectivity index (χ1v) is 8.96. The monoisotopic (exact) mass is 367 g/mol. The Balaban J connectivity index is 1.87. The first kappa shape index (κ1) is 18.2. The molecule has 7 nitrogen and oxygen atoms in total. The summed E-state index contributed by atoms with van der Waals surface area (Å²) in [6.45, 7) is 1.97. The van der Waals surface area contributed by atoms with Crippen molar-refractivity contribution in [3.05, 3.63) is 24.3 Å². The van der Waals surface area contributed by atoms with E-state index in [1.165, 1.54) is 23.1 Å². The lowest BCUT2D eigenvalue weighted by molar-refractivity contribution is -0.145. The summed E-state index contributed by atoms with van der Waals surface area (Å²) in [5.41, 5.74) is 0.783. The number of hydrogen-bond acceptors (Lipinski definition) is 9. The Kier molecular flexibility index (Phi) is 7.01. The number of carbonyl (C=O) groups excluding carboxylic acids is 2. The molecule has 0 fully saturated rings. The molecule has 1 aromatic carbocycles. The van der Waals surface area contributed by atoms with Crippen LogP contribution in [0.4, 0.5) is 10.8 Å². The van der Waals surface area contributed by atoms with Crippen LogP contribution in [0.25, 0.3) is 0 Å². The molecule has 128 valence electrons. The molecule has 0 atom stereocenters. The highest BCUT2D eigenvalue weighted by molar-refractivity contribution is 8.01. The number of esters is 1. The number of para-hydroxylation sites is 2. The number of Topliss-reactive ketones (excluding diaryl/α,β-unsaturated/α-hetero) is 1. The fourth-order valence-corrected chi connectivity index (χ4v) is 3.37. The number of nitrogens with zero attached hydrogens (tertiary/aromatic N) is 2. The van der Waals surface area contributed by atoms with Crippen LogP contribution in [0, 0.1) is 0 Å². The molecule has 0 saturated carbocycles. The summed E-state index contributed by atoms with van der Waals surface area (Å²) in [5.74, 6) is 0.153. The molecule has 0 spiro atoms. The van der Waals surface area contributed by atoms with Gasteiger partial charge in [-0.2, -0.15) is 0 Å². The zero-order valence-corrected chi connectivity index (χ0v) is 14.9. The summed E-state index contributed by atoms with van der Waals surface area (Å²) in [6, 6.07) is 7.47. The molecule has 0 bridgehead atoms. The number of rotatable bonds is 9. The van der Waals surface area contributed by atoms with Crippen molar-refractivity contribution in [1.29, 1.82) is 0 Å². The van der Waals surface area contributed by atoms with E-state index in [0.29, 0.717) is 15.2 Å². The van der Waals surface area contributed by atoms with Crippen molar-refractivity contribution in [2.24, 2.45) is 0 Å². The highest BCUT2D eigenvalue weighted by Crippen LogP contribution is 2.31. The molecule has 1 heterocycles. The molecule has 0 saturated heterocycles. The third-order valence-corrected chi connectivity index (χ3v) is 4.79. The molecule has 0 aliphatic rings. The van der Waals surface area contributed by atoms with E-state index in [1.54, 1.807) is 14.0 Å². The van der Waals surface area contributed by atoms with Gasteiger partial charge in [-0.05, 0) is 19.1 Å². The lowest BCUT2D eigenvalue weighted by Gasteiger charge is -2.07. The van der Waals surface area contributed by atoms with E-state index in [-0.39, 0.29) is 24.6 Å². The molecule has 1 N–H and O–H groups in total. The Hall–Kier alpha value is -2.13. The van der Waals surface area contributed by atoms with Gasteiger partial charge in [0.1, 0.15) is 12.2 Å². The van der Waals surface area contributed by atoms with Gasteiger partial charge in [0.25, 0.3) is 0 Å².